The Morgan fingerprint density at radius 1 is 0.783 bits per heavy atom. The number of carbonyl (C=O) groups excluding carboxylic acids is 1. The minimum absolute atomic E-state index is 0.205. The van der Waals surface area contributed by atoms with E-state index in [-0.39, 0.29) is 5.78 Å². The van der Waals surface area contributed by atoms with E-state index in [9.17, 15) is 9.59 Å². The molecule has 0 aromatic rings. The van der Waals surface area contributed by atoms with Crippen LogP contribution in [0.1, 0.15) is 96.8 Å². The van der Waals surface area contributed by atoms with Crippen molar-refractivity contribution in [2.45, 2.75) is 103 Å². The van der Waals surface area contributed by atoms with E-state index in [1.54, 1.807) is 0 Å². The SMILES string of the molecule is CCCCCCCCCCCCCCCC(=O)C(NC)C(=O)O. The molecule has 136 valence electrons. The van der Waals surface area contributed by atoms with Crippen molar-refractivity contribution >= 4 is 11.8 Å². The molecule has 0 bridgehead atoms. The van der Waals surface area contributed by atoms with Crippen LogP contribution in [0, 0.1) is 0 Å². The van der Waals surface area contributed by atoms with Gasteiger partial charge in [0.15, 0.2) is 11.8 Å². The molecule has 0 aliphatic heterocycles. The summed E-state index contributed by atoms with van der Waals surface area (Å²) >= 11 is 0. The smallest absolute Gasteiger partial charge is 0.328 e. The standard InChI is InChI=1S/C19H37NO3/c1-3-4-5-6-7-8-9-10-11-12-13-14-15-16-17(21)18(20-2)19(22)23/h18,20H,3-16H2,1-2H3,(H,22,23). The number of carboxylic acids is 1. The minimum Gasteiger partial charge on any atom is -0.480 e. The van der Waals surface area contributed by atoms with Crippen molar-refractivity contribution in [1.82, 2.24) is 5.32 Å². The first-order valence-electron chi connectivity index (χ1n) is 9.56. The van der Waals surface area contributed by atoms with Crippen molar-refractivity contribution in [2.24, 2.45) is 0 Å². The highest BCUT2D eigenvalue weighted by atomic mass is 16.4. The fourth-order valence-electron chi connectivity index (χ4n) is 2.88. The topological polar surface area (TPSA) is 66.4 Å². The number of carbonyl (C=O) groups is 2. The Kier molecular flexibility index (Phi) is 15.4. The molecule has 1 atom stereocenters. The van der Waals surface area contributed by atoms with E-state index in [0.717, 1.165) is 19.3 Å². The molecular weight excluding hydrogens is 290 g/mol. The molecule has 0 aromatic heterocycles. The van der Waals surface area contributed by atoms with Crippen molar-refractivity contribution in [1.29, 1.82) is 0 Å². The summed E-state index contributed by atoms with van der Waals surface area (Å²) < 4.78 is 0. The summed E-state index contributed by atoms with van der Waals surface area (Å²) in [6.07, 6.45) is 16.8. The Hall–Kier alpha value is -0.900. The predicted octanol–water partition coefficient (Wildman–Crippen LogP) is 4.71. The lowest BCUT2D eigenvalue weighted by atomic mass is 10.0. The van der Waals surface area contributed by atoms with Crippen LogP contribution in [-0.2, 0) is 9.59 Å². The van der Waals surface area contributed by atoms with Crippen LogP contribution >= 0.6 is 0 Å². The number of Topliss-reactive ketones (excluding diaryl/α,β-unsaturated/α-hetero) is 1. The van der Waals surface area contributed by atoms with Gasteiger partial charge in [0.25, 0.3) is 0 Å². The molecule has 0 amide bonds. The molecule has 0 spiro atoms. The third kappa shape index (κ3) is 13.3. The maximum atomic E-state index is 11.7. The van der Waals surface area contributed by atoms with Crippen LogP contribution in [0.4, 0.5) is 0 Å². The highest BCUT2D eigenvalue weighted by Crippen LogP contribution is 2.13. The molecule has 1 unspecified atom stereocenters. The zero-order chi connectivity index (χ0) is 17.3. The number of carboxylic acid groups (broad SMARTS) is 1. The molecule has 0 saturated heterocycles. The lowest BCUT2D eigenvalue weighted by Crippen LogP contribution is -2.41. The second-order valence-corrected chi connectivity index (χ2v) is 6.52. The van der Waals surface area contributed by atoms with Gasteiger partial charge in [0, 0.05) is 6.42 Å². The van der Waals surface area contributed by atoms with Crippen LogP contribution in [0.3, 0.4) is 0 Å². The van der Waals surface area contributed by atoms with Gasteiger partial charge in [0.2, 0.25) is 0 Å². The maximum absolute atomic E-state index is 11.7. The summed E-state index contributed by atoms with van der Waals surface area (Å²) in [7, 11) is 1.51. The molecule has 0 rings (SSSR count). The first-order valence-corrected chi connectivity index (χ1v) is 9.56. The van der Waals surface area contributed by atoms with Gasteiger partial charge in [0.05, 0.1) is 0 Å². The van der Waals surface area contributed by atoms with Crippen molar-refractivity contribution in [3.8, 4) is 0 Å². The Bertz CT molecular complexity index is 305. The summed E-state index contributed by atoms with van der Waals surface area (Å²) in [5, 5.41) is 11.4. The second kappa shape index (κ2) is 16.0. The number of nitrogens with one attached hydrogen (secondary N) is 1. The second-order valence-electron chi connectivity index (χ2n) is 6.52. The number of ketones is 1. The molecule has 0 saturated carbocycles. The van der Waals surface area contributed by atoms with Crippen LogP contribution in [0.2, 0.25) is 0 Å². The number of likely N-dealkylation sites (N-methyl/N-ethyl adjacent to an activating group) is 1. The van der Waals surface area contributed by atoms with Gasteiger partial charge in [-0.05, 0) is 13.5 Å². The third-order valence-electron chi connectivity index (χ3n) is 4.38. The monoisotopic (exact) mass is 327 g/mol. The summed E-state index contributed by atoms with van der Waals surface area (Å²) in [6, 6.07) is -1.03. The van der Waals surface area contributed by atoms with E-state index in [4.69, 9.17) is 5.11 Å². The molecule has 4 nitrogen and oxygen atoms in total. The Labute approximate surface area is 142 Å². The molecule has 0 heterocycles. The highest BCUT2D eigenvalue weighted by molar-refractivity contribution is 6.02. The van der Waals surface area contributed by atoms with E-state index in [1.165, 1.54) is 71.3 Å². The van der Waals surface area contributed by atoms with E-state index >= 15 is 0 Å². The van der Waals surface area contributed by atoms with Crippen molar-refractivity contribution in [3.63, 3.8) is 0 Å². The van der Waals surface area contributed by atoms with Crippen LogP contribution in [0.5, 0.6) is 0 Å². The number of rotatable bonds is 17. The number of hydrogen-bond donors (Lipinski definition) is 2. The zero-order valence-corrected chi connectivity index (χ0v) is 15.2. The molecule has 2 N–H and O–H groups in total. The van der Waals surface area contributed by atoms with Crippen LogP contribution in [-0.4, -0.2) is 29.9 Å². The van der Waals surface area contributed by atoms with Crippen LogP contribution in [0.15, 0.2) is 0 Å². The predicted molar refractivity (Wildman–Crippen MR) is 95.8 cm³/mol. The quantitative estimate of drug-likeness (QED) is 0.300. The van der Waals surface area contributed by atoms with E-state index in [1.807, 2.05) is 0 Å². The Morgan fingerprint density at radius 2 is 1.17 bits per heavy atom. The van der Waals surface area contributed by atoms with Gasteiger partial charge >= 0.3 is 5.97 Å². The Balaban J connectivity index is 3.30. The zero-order valence-electron chi connectivity index (χ0n) is 15.2. The number of unbranched alkanes of at least 4 members (excludes halogenated alkanes) is 12. The highest BCUT2D eigenvalue weighted by Gasteiger charge is 2.22. The molecule has 23 heavy (non-hydrogen) atoms. The van der Waals surface area contributed by atoms with Gasteiger partial charge < -0.3 is 10.4 Å². The number of aliphatic carboxylic acids is 1. The van der Waals surface area contributed by atoms with Crippen LogP contribution < -0.4 is 5.32 Å². The van der Waals surface area contributed by atoms with Gasteiger partial charge in [-0.15, -0.1) is 0 Å². The van der Waals surface area contributed by atoms with Crippen LogP contribution in [0.25, 0.3) is 0 Å². The van der Waals surface area contributed by atoms with Crippen molar-refractivity contribution in [2.75, 3.05) is 7.05 Å². The summed E-state index contributed by atoms with van der Waals surface area (Å²) in [5.41, 5.74) is 0. The first-order chi connectivity index (χ1) is 11.1. The normalized spacial score (nSPS) is 12.3. The average Bonchev–Trinajstić information content (AvgIpc) is 2.52. The van der Waals surface area contributed by atoms with Crippen molar-refractivity contribution in [3.05, 3.63) is 0 Å². The lowest BCUT2D eigenvalue weighted by Gasteiger charge is -2.09. The van der Waals surface area contributed by atoms with Gasteiger partial charge in [-0.3, -0.25) is 9.59 Å². The summed E-state index contributed by atoms with van der Waals surface area (Å²) in [6.45, 7) is 2.25. The largest absolute Gasteiger partial charge is 0.480 e. The van der Waals surface area contributed by atoms with Gasteiger partial charge in [-0.1, -0.05) is 84.0 Å². The van der Waals surface area contributed by atoms with E-state index in [0.29, 0.717) is 6.42 Å². The molecule has 0 aliphatic carbocycles. The summed E-state index contributed by atoms with van der Waals surface area (Å²) in [5.74, 6) is -1.28. The molecular formula is C19H37NO3. The first kappa shape index (κ1) is 22.1. The molecule has 0 aromatic carbocycles. The summed E-state index contributed by atoms with van der Waals surface area (Å²) in [4.78, 5) is 22.5. The van der Waals surface area contributed by atoms with Gasteiger partial charge in [-0.25, -0.2) is 0 Å². The van der Waals surface area contributed by atoms with Gasteiger partial charge in [-0.2, -0.15) is 0 Å². The van der Waals surface area contributed by atoms with E-state index in [2.05, 4.69) is 12.2 Å². The molecule has 0 fully saturated rings. The average molecular weight is 328 g/mol. The molecule has 0 radical (unpaired) electrons. The number of hydrogen-bond acceptors (Lipinski definition) is 3. The Morgan fingerprint density at radius 3 is 1.52 bits per heavy atom. The van der Waals surface area contributed by atoms with Gasteiger partial charge in [0.1, 0.15) is 0 Å². The lowest BCUT2D eigenvalue weighted by molar-refractivity contribution is -0.143. The molecule has 4 heteroatoms. The fraction of sp³-hybridized carbons (Fsp3) is 0.895. The maximum Gasteiger partial charge on any atom is 0.328 e. The minimum atomic E-state index is -1.08. The third-order valence-corrected chi connectivity index (χ3v) is 4.38. The van der Waals surface area contributed by atoms with Crippen molar-refractivity contribution < 1.29 is 14.7 Å². The fourth-order valence-corrected chi connectivity index (χ4v) is 2.88. The van der Waals surface area contributed by atoms with E-state index < -0.39 is 12.0 Å². The molecule has 0 aliphatic rings.